The number of nitrogens with one attached hydrogen (secondary N) is 1. The number of hydrogen-bond donors (Lipinski definition) is 2. The number of aryl methyl sites for hydroxylation is 1. The second kappa shape index (κ2) is 12.0. The molecule has 2 aromatic carbocycles. The van der Waals surface area contributed by atoms with Gasteiger partial charge in [0, 0.05) is 37.8 Å². The van der Waals surface area contributed by atoms with E-state index in [1.54, 1.807) is 20.9 Å². The van der Waals surface area contributed by atoms with Crippen LogP contribution in [-0.2, 0) is 27.1 Å². The lowest BCUT2D eigenvalue weighted by Gasteiger charge is -2.38. The fourth-order valence-electron chi connectivity index (χ4n) is 4.39. The summed E-state index contributed by atoms with van der Waals surface area (Å²) < 4.78 is 64.4. The van der Waals surface area contributed by atoms with E-state index in [2.05, 4.69) is 9.71 Å². The summed E-state index contributed by atoms with van der Waals surface area (Å²) in [5.74, 6) is -0.942. The third-order valence-corrected chi connectivity index (χ3v) is 10.2. The highest BCUT2D eigenvalue weighted by molar-refractivity contribution is 7.92. The number of benzene rings is 2. The van der Waals surface area contributed by atoms with E-state index in [0.29, 0.717) is 5.02 Å². The van der Waals surface area contributed by atoms with Crippen molar-refractivity contribution in [1.82, 2.24) is 18.8 Å². The van der Waals surface area contributed by atoms with E-state index in [9.17, 15) is 26.7 Å². The molecule has 1 amide bonds. The zero-order valence-corrected chi connectivity index (χ0v) is 25.3. The molecule has 3 atom stereocenters. The molecule has 4 rings (SSSR count). The number of aliphatic hydroxyl groups is 1. The van der Waals surface area contributed by atoms with Crippen LogP contribution in [0.1, 0.15) is 24.2 Å². The van der Waals surface area contributed by atoms with Crippen LogP contribution in [0.4, 0.5) is 5.69 Å². The highest BCUT2D eigenvalue weighted by atomic mass is 35.5. The number of hydrogen-bond acceptors (Lipinski definition) is 8. The van der Waals surface area contributed by atoms with E-state index in [0.717, 1.165) is 4.31 Å². The number of aromatic nitrogens is 2. The summed E-state index contributed by atoms with van der Waals surface area (Å²) in [5, 5.41) is 10.1. The maximum absolute atomic E-state index is 13.7. The maximum atomic E-state index is 13.7. The molecule has 1 aromatic heterocycles. The summed E-state index contributed by atoms with van der Waals surface area (Å²) in [6, 6.07) is 9.46. The van der Waals surface area contributed by atoms with E-state index < -0.39 is 44.0 Å². The molecule has 41 heavy (non-hydrogen) atoms. The molecule has 0 fully saturated rings. The summed E-state index contributed by atoms with van der Waals surface area (Å²) in [5.41, 5.74) is 0.0606. The van der Waals surface area contributed by atoms with Crippen molar-refractivity contribution in [2.45, 2.75) is 35.9 Å². The Morgan fingerprint density at radius 2 is 1.88 bits per heavy atom. The molecule has 1 aliphatic rings. The molecule has 1 aliphatic heterocycles. The number of fused-ring (bicyclic) bond motifs is 1. The Bertz CT molecular complexity index is 1630. The average molecular weight is 626 g/mol. The first kappa shape index (κ1) is 30.8. The molecule has 222 valence electrons. The van der Waals surface area contributed by atoms with Crippen molar-refractivity contribution >= 4 is 43.2 Å². The van der Waals surface area contributed by atoms with Crippen LogP contribution in [0, 0.1) is 5.92 Å². The molecule has 0 saturated carbocycles. The molecule has 0 radical (unpaired) electrons. The van der Waals surface area contributed by atoms with Gasteiger partial charge in [-0.25, -0.2) is 21.8 Å². The van der Waals surface area contributed by atoms with Gasteiger partial charge in [-0.05, 0) is 43.3 Å². The number of amides is 1. The van der Waals surface area contributed by atoms with Crippen LogP contribution in [0.25, 0.3) is 0 Å². The van der Waals surface area contributed by atoms with Crippen molar-refractivity contribution < 1.29 is 31.5 Å². The fourth-order valence-corrected chi connectivity index (χ4v) is 6.72. The minimum absolute atomic E-state index is 0.00302. The summed E-state index contributed by atoms with van der Waals surface area (Å²) in [4.78, 5) is 19.0. The van der Waals surface area contributed by atoms with Gasteiger partial charge in [0.1, 0.15) is 6.10 Å². The first-order valence-corrected chi connectivity index (χ1v) is 16.0. The number of aliphatic hydroxyl groups excluding tert-OH is 1. The minimum Gasteiger partial charge on any atom is -0.486 e. The molecular weight excluding hydrogens is 594 g/mol. The van der Waals surface area contributed by atoms with Crippen LogP contribution >= 0.6 is 11.6 Å². The van der Waals surface area contributed by atoms with Crippen molar-refractivity contribution in [3.8, 4) is 5.75 Å². The van der Waals surface area contributed by atoms with Crippen LogP contribution in [0.2, 0.25) is 5.02 Å². The molecule has 0 bridgehead atoms. The van der Waals surface area contributed by atoms with Gasteiger partial charge in [-0.3, -0.25) is 9.52 Å². The van der Waals surface area contributed by atoms with Crippen LogP contribution < -0.4 is 9.46 Å². The van der Waals surface area contributed by atoms with Crippen LogP contribution in [0.3, 0.4) is 0 Å². The molecule has 0 aliphatic carbocycles. The second-order valence-electron chi connectivity index (χ2n) is 10.0. The van der Waals surface area contributed by atoms with Gasteiger partial charge < -0.3 is 19.3 Å². The maximum Gasteiger partial charge on any atom is 0.262 e. The first-order chi connectivity index (χ1) is 19.2. The van der Waals surface area contributed by atoms with Gasteiger partial charge >= 0.3 is 0 Å². The van der Waals surface area contributed by atoms with Crippen molar-refractivity contribution in [2.75, 3.05) is 31.5 Å². The van der Waals surface area contributed by atoms with Crippen molar-refractivity contribution in [3.63, 3.8) is 0 Å². The molecule has 12 nitrogen and oxygen atoms in total. The Morgan fingerprint density at radius 1 is 1.20 bits per heavy atom. The Balaban J connectivity index is 1.76. The van der Waals surface area contributed by atoms with Gasteiger partial charge in [0.15, 0.2) is 10.8 Å². The summed E-state index contributed by atoms with van der Waals surface area (Å²) >= 11 is 5.91. The molecule has 3 aromatic rings. The number of para-hydroxylation sites is 1. The number of likely N-dealkylation sites (N-methyl/N-ethyl adjacent to an activating group) is 1. The van der Waals surface area contributed by atoms with Crippen LogP contribution in [0.15, 0.2) is 64.9 Å². The van der Waals surface area contributed by atoms with E-state index in [4.69, 9.17) is 16.3 Å². The highest BCUT2D eigenvalue weighted by Gasteiger charge is 2.37. The molecule has 0 saturated heterocycles. The third kappa shape index (κ3) is 6.51. The smallest absolute Gasteiger partial charge is 0.262 e. The molecule has 0 unspecified atom stereocenters. The summed E-state index contributed by atoms with van der Waals surface area (Å²) in [6.07, 6.45) is 1.95. The lowest BCUT2D eigenvalue weighted by molar-refractivity contribution is 0.0389. The van der Waals surface area contributed by atoms with Gasteiger partial charge in [-0.1, -0.05) is 24.6 Å². The molecule has 2 heterocycles. The quantitative estimate of drug-likeness (QED) is 0.368. The summed E-state index contributed by atoms with van der Waals surface area (Å²) in [6.45, 7) is 3.20. The van der Waals surface area contributed by atoms with Crippen molar-refractivity contribution in [2.24, 2.45) is 13.0 Å². The predicted octanol–water partition coefficient (Wildman–Crippen LogP) is 2.42. The Labute approximate surface area is 244 Å². The molecule has 2 N–H and O–H groups in total. The fraction of sp³-hybridized carbons (Fsp3) is 0.385. The predicted molar refractivity (Wildman–Crippen MR) is 153 cm³/mol. The molecule has 0 spiro atoms. The number of sulfonamides is 2. The Kier molecular flexibility index (Phi) is 8.99. The second-order valence-corrected chi connectivity index (χ2v) is 14.1. The normalized spacial score (nSPS) is 18.8. The number of ether oxygens (including phenoxy) is 1. The topological polar surface area (TPSA) is 151 Å². The van der Waals surface area contributed by atoms with Crippen LogP contribution in [-0.4, -0.2) is 85.5 Å². The lowest BCUT2D eigenvalue weighted by Crippen LogP contribution is -2.50. The standard InChI is InChI=1S/C26H32ClN5O7S2/c1-17-12-32(18(2)15-33)26(34)21-6-5-7-22(29-40(35,36)20-10-8-19(27)9-11-20)25(21)39-23(17)13-31(4)41(37,38)24-14-30(3)16-28-24/h5-11,14,16-18,23,29,33H,12-13,15H2,1-4H3/t17-,18-,23+/m1/s1. The van der Waals surface area contributed by atoms with E-state index in [-0.39, 0.29) is 46.6 Å². The first-order valence-electron chi connectivity index (χ1n) is 12.7. The SMILES string of the molecule is C[C@@H]1CN([C@H](C)CO)C(=O)c2cccc(NS(=O)(=O)c3ccc(Cl)cc3)c2O[C@H]1CN(C)S(=O)(=O)c1cn(C)cn1. The Morgan fingerprint density at radius 3 is 2.49 bits per heavy atom. The largest absolute Gasteiger partial charge is 0.486 e. The average Bonchev–Trinajstić information content (AvgIpc) is 3.37. The van der Waals surface area contributed by atoms with Crippen molar-refractivity contribution in [1.29, 1.82) is 0 Å². The third-order valence-electron chi connectivity index (χ3n) is 6.85. The number of halogens is 1. The Hall–Kier alpha value is -3.17. The van der Waals surface area contributed by atoms with Gasteiger partial charge in [0.05, 0.1) is 41.7 Å². The number of anilines is 1. The number of carbonyl (C=O) groups is 1. The molecule has 15 heteroatoms. The van der Waals surface area contributed by atoms with Gasteiger partial charge in [0.2, 0.25) is 0 Å². The summed E-state index contributed by atoms with van der Waals surface area (Å²) in [7, 11) is -5.05. The lowest BCUT2D eigenvalue weighted by atomic mass is 9.99. The monoisotopic (exact) mass is 625 g/mol. The zero-order valence-electron chi connectivity index (χ0n) is 22.9. The van der Waals surface area contributed by atoms with Crippen molar-refractivity contribution in [3.05, 3.63) is 65.6 Å². The number of imidazole rings is 1. The molecular formula is C26H32ClN5O7S2. The van der Waals surface area contributed by atoms with E-state index >= 15 is 0 Å². The number of nitrogens with zero attached hydrogens (tertiary/aromatic N) is 4. The zero-order chi connectivity index (χ0) is 30.1. The highest BCUT2D eigenvalue weighted by Crippen LogP contribution is 2.36. The van der Waals surface area contributed by atoms with Gasteiger partial charge in [-0.15, -0.1) is 0 Å². The van der Waals surface area contributed by atoms with Gasteiger partial charge in [-0.2, -0.15) is 4.31 Å². The number of rotatable bonds is 9. The van der Waals surface area contributed by atoms with E-state index in [1.807, 2.05) is 0 Å². The minimum atomic E-state index is -4.12. The van der Waals surface area contributed by atoms with Crippen LogP contribution in [0.5, 0.6) is 5.75 Å². The van der Waals surface area contributed by atoms with E-state index in [1.165, 1.54) is 71.5 Å². The van der Waals surface area contributed by atoms with Gasteiger partial charge in [0.25, 0.3) is 26.0 Å². The number of carbonyl (C=O) groups excluding carboxylic acids is 1.